The molecule has 4 N–H and O–H groups in total. The predicted octanol–water partition coefficient (Wildman–Crippen LogP) is 1.96. The van der Waals surface area contributed by atoms with Gasteiger partial charge in [-0.3, -0.25) is 9.67 Å². The first-order valence-electron chi connectivity index (χ1n) is 7.94. The molecule has 0 aliphatic carbocycles. The molecule has 8 heteroatoms. The summed E-state index contributed by atoms with van der Waals surface area (Å²) in [5, 5.41) is 5.27. The van der Waals surface area contributed by atoms with E-state index in [0.717, 1.165) is 5.56 Å². The largest absolute Gasteiger partial charge is 0.383 e. The van der Waals surface area contributed by atoms with Gasteiger partial charge in [-0.05, 0) is 17.7 Å². The Bertz CT molecular complexity index is 1060. The van der Waals surface area contributed by atoms with Crippen molar-refractivity contribution in [3.8, 4) is 0 Å². The van der Waals surface area contributed by atoms with Gasteiger partial charge in [-0.2, -0.15) is 5.10 Å². The Morgan fingerprint density at radius 2 is 1.88 bits per heavy atom. The maximum Gasteiger partial charge on any atom is 0.149 e. The van der Waals surface area contributed by atoms with Crippen molar-refractivity contribution in [2.75, 3.05) is 11.5 Å². The van der Waals surface area contributed by atoms with Gasteiger partial charge in [-0.1, -0.05) is 18.2 Å². The third-order valence-electron chi connectivity index (χ3n) is 3.93. The molecule has 0 bridgehead atoms. The Hall–Kier alpha value is -3.55. The number of rotatable bonds is 4. The molecule has 0 aliphatic rings. The average molecular weight is 348 g/mol. The second kappa shape index (κ2) is 6.40. The maximum absolute atomic E-state index is 14.5. The molecule has 129 valence electrons. The van der Waals surface area contributed by atoms with Crippen molar-refractivity contribution >= 4 is 22.5 Å². The highest BCUT2D eigenvalue weighted by molar-refractivity contribution is 5.83. The van der Waals surface area contributed by atoms with Crippen LogP contribution in [0.1, 0.15) is 17.1 Å². The molecule has 3 heterocycles. The van der Waals surface area contributed by atoms with E-state index >= 15 is 0 Å². The highest BCUT2D eigenvalue weighted by Gasteiger charge is 2.16. The van der Waals surface area contributed by atoms with Crippen molar-refractivity contribution in [1.82, 2.24) is 24.7 Å². The molecule has 0 spiro atoms. The minimum atomic E-state index is -0.341. The number of fused-ring (bicyclic) bond motifs is 1. The number of pyridine rings is 1. The molecular formula is C18H15FN7. The molecule has 0 atom stereocenters. The fraction of sp³-hybridized carbons (Fsp3) is 0.111. The lowest BCUT2D eigenvalue weighted by Crippen LogP contribution is -2.06. The number of para-hydroxylation sites is 1. The van der Waals surface area contributed by atoms with Crippen molar-refractivity contribution < 1.29 is 4.39 Å². The van der Waals surface area contributed by atoms with Gasteiger partial charge >= 0.3 is 0 Å². The molecule has 26 heavy (non-hydrogen) atoms. The van der Waals surface area contributed by atoms with Crippen molar-refractivity contribution in [3.63, 3.8) is 0 Å². The Morgan fingerprint density at radius 3 is 2.62 bits per heavy atom. The summed E-state index contributed by atoms with van der Waals surface area (Å²) in [4.78, 5) is 12.4. The van der Waals surface area contributed by atoms with Crippen molar-refractivity contribution in [3.05, 3.63) is 71.7 Å². The lowest BCUT2D eigenvalue weighted by Gasteiger charge is -2.03. The minimum Gasteiger partial charge on any atom is -0.383 e. The number of nitrogen functional groups attached to an aromatic ring is 2. The van der Waals surface area contributed by atoms with E-state index in [9.17, 15) is 4.39 Å². The minimum absolute atomic E-state index is 0.165. The van der Waals surface area contributed by atoms with Crippen LogP contribution in [0.2, 0.25) is 0 Å². The number of halogens is 1. The van der Waals surface area contributed by atoms with E-state index in [1.165, 1.54) is 6.07 Å². The average Bonchev–Trinajstić information content (AvgIpc) is 2.93. The van der Waals surface area contributed by atoms with Crippen LogP contribution < -0.4 is 11.5 Å². The number of hydrogen-bond acceptors (Lipinski definition) is 6. The summed E-state index contributed by atoms with van der Waals surface area (Å²) in [5.41, 5.74) is 13.4. The van der Waals surface area contributed by atoms with Crippen molar-refractivity contribution in [1.29, 1.82) is 0 Å². The van der Waals surface area contributed by atoms with Gasteiger partial charge in [-0.25, -0.2) is 14.4 Å². The first-order valence-corrected chi connectivity index (χ1v) is 7.94. The van der Waals surface area contributed by atoms with E-state index in [4.69, 9.17) is 11.5 Å². The zero-order valence-corrected chi connectivity index (χ0v) is 13.7. The van der Waals surface area contributed by atoms with Gasteiger partial charge in [0.2, 0.25) is 0 Å². The zero-order valence-electron chi connectivity index (χ0n) is 13.7. The van der Waals surface area contributed by atoms with E-state index in [1.54, 1.807) is 23.1 Å². The van der Waals surface area contributed by atoms with Crippen LogP contribution in [0.3, 0.4) is 0 Å². The SMILES string of the molecule is Nc1[c]c(N)nc(Cc2nn(Cc3cccnc3)c3c(F)cccc23)n1. The van der Waals surface area contributed by atoms with E-state index in [-0.39, 0.29) is 23.9 Å². The Morgan fingerprint density at radius 1 is 1.08 bits per heavy atom. The van der Waals surface area contributed by atoms with Crippen molar-refractivity contribution in [2.45, 2.75) is 13.0 Å². The Balaban J connectivity index is 1.79. The topological polar surface area (TPSA) is 109 Å². The van der Waals surface area contributed by atoms with E-state index in [1.807, 2.05) is 18.2 Å². The van der Waals surface area contributed by atoms with Gasteiger partial charge in [-0.15, -0.1) is 0 Å². The fourth-order valence-electron chi connectivity index (χ4n) is 2.89. The standard InChI is InChI=1S/C18H15FN7/c19-13-5-1-4-12-14(7-17-23-15(20)8-16(21)24-17)25-26(18(12)13)10-11-3-2-6-22-9-11/h1-6,9H,7,10H2,(H4,20,21,23,24). The molecule has 1 aromatic carbocycles. The van der Waals surface area contributed by atoms with E-state index in [0.29, 0.717) is 29.0 Å². The third kappa shape index (κ3) is 3.04. The van der Waals surface area contributed by atoms with Crippen LogP contribution in [0.15, 0.2) is 42.7 Å². The third-order valence-corrected chi connectivity index (χ3v) is 3.93. The summed E-state index contributed by atoms with van der Waals surface area (Å²) in [5.74, 6) is 0.401. The molecule has 0 amide bonds. The number of hydrogen-bond donors (Lipinski definition) is 2. The van der Waals surface area contributed by atoms with Gasteiger partial charge < -0.3 is 11.5 Å². The lowest BCUT2D eigenvalue weighted by atomic mass is 10.1. The molecule has 7 nitrogen and oxygen atoms in total. The van der Waals surface area contributed by atoms with Gasteiger partial charge in [0.25, 0.3) is 0 Å². The lowest BCUT2D eigenvalue weighted by molar-refractivity contribution is 0.614. The van der Waals surface area contributed by atoms with Gasteiger partial charge in [0.15, 0.2) is 0 Å². The molecule has 3 aromatic heterocycles. The smallest absolute Gasteiger partial charge is 0.149 e. The molecule has 0 unspecified atom stereocenters. The maximum atomic E-state index is 14.5. The van der Waals surface area contributed by atoms with Crippen LogP contribution in [0.5, 0.6) is 0 Å². The van der Waals surface area contributed by atoms with Gasteiger partial charge in [0.05, 0.1) is 24.7 Å². The molecule has 4 rings (SSSR count). The molecular weight excluding hydrogens is 333 g/mol. The van der Waals surface area contributed by atoms with Crippen LogP contribution in [0.4, 0.5) is 16.0 Å². The molecule has 0 saturated carbocycles. The van der Waals surface area contributed by atoms with Crippen molar-refractivity contribution in [2.24, 2.45) is 0 Å². The number of anilines is 2. The normalized spacial score (nSPS) is 11.1. The first kappa shape index (κ1) is 15.9. The summed E-state index contributed by atoms with van der Waals surface area (Å²) in [6.45, 7) is 0.402. The first-order chi connectivity index (χ1) is 12.6. The van der Waals surface area contributed by atoms with Crippen LogP contribution >= 0.6 is 0 Å². The number of nitrogens with zero attached hydrogens (tertiary/aromatic N) is 5. The summed E-state index contributed by atoms with van der Waals surface area (Å²) in [6.07, 6.45) is 3.70. The number of benzene rings is 1. The zero-order chi connectivity index (χ0) is 18.1. The van der Waals surface area contributed by atoms with Crippen LogP contribution in [-0.4, -0.2) is 24.7 Å². The quantitative estimate of drug-likeness (QED) is 0.584. The highest BCUT2D eigenvalue weighted by Crippen LogP contribution is 2.24. The second-order valence-corrected chi connectivity index (χ2v) is 5.81. The van der Waals surface area contributed by atoms with E-state index < -0.39 is 0 Å². The monoisotopic (exact) mass is 348 g/mol. The van der Waals surface area contributed by atoms with E-state index in [2.05, 4.69) is 26.1 Å². The second-order valence-electron chi connectivity index (χ2n) is 5.81. The fourth-order valence-corrected chi connectivity index (χ4v) is 2.89. The van der Waals surface area contributed by atoms with Crippen LogP contribution in [0.25, 0.3) is 10.9 Å². The summed E-state index contributed by atoms with van der Waals surface area (Å²) in [6, 6.07) is 11.3. The van der Waals surface area contributed by atoms with Gasteiger partial charge in [0, 0.05) is 17.8 Å². The summed E-state index contributed by atoms with van der Waals surface area (Å²) >= 11 is 0. The van der Waals surface area contributed by atoms with Crippen LogP contribution in [-0.2, 0) is 13.0 Å². The van der Waals surface area contributed by atoms with Gasteiger partial charge in [0.1, 0.15) is 28.8 Å². The molecule has 4 aromatic rings. The highest BCUT2D eigenvalue weighted by atomic mass is 19.1. The van der Waals surface area contributed by atoms with Crippen LogP contribution in [0, 0.1) is 11.9 Å². The number of aromatic nitrogens is 5. The molecule has 0 fully saturated rings. The Labute approximate surface area is 148 Å². The predicted molar refractivity (Wildman–Crippen MR) is 95.5 cm³/mol. The molecule has 1 radical (unpaired) electrons. The number of nitrogens with two attached hydrogens (primary N) is 2. The summed E-state index contributed by atoms with van der Waals surface area (Å²) < 4.78 is 16.1. The summed E-state index contributed by atoms with van der Waals surface area (Å²) in [7, 11) is 0. The molecule has 0 aliphatic heterocycles. The molecule has 0 saturated heterocycles. The Kier molecular flexibility index (Phi) is 3.92.